The van der Waals surface area contributed by atoms with Gasteiger partial charge in [0.25, 0.3) is 0 Å². The molecule has 0 aromatic heterocycles. The summed E-state index contributed by atoms with van der Waals surface area (Å²) in [6, 6.07) is 4.63. The van der Waals surface area contributed by atoms with Crippen LogP contribution in [0, 0.1) is 0 Å². The molecule has 112 valence electrons. The summed E-state index contributed by atoms with van der Waals surface area (Å²) in [6.45, 7) is 0.307. The van der Waals surface area contributed by atoms with Gasteiger partial charge in [0, 0.05) is 6.61 Å². The van der Waals surface area contributed by atoms with E-state index in [0.717, 1.165) is 31.4 Å². The third-order valence-electron chi connectivity index (χ3n) is 3.23. The Hall–Kier alpha value is -1.11. The molecule has 0 amide bonds. The largest absolute Gasteiger partial charge is 0.416 e. The Labute approximate surface area is 115 Å². The van der Waals surface area contributed by atoms with E-state index in [0.29, 0.717) is 12.2 Å². The standard InChI is InChI=1S/C14H17F3O3/c15-14(16,17)11-6-4-10(5-7-11)12(9-18)20-13-3-1-2-8-19-13/h4-7,12-13,18H,1-3,8-9H2/t12?,13-/m0/s1. The molecule has 6 heteroatoms. The van der Waals surface area contributed by atoms with E-state index < -0.39 is 24.1 Å². The molecule has 0 spiro atoms. The number of aliphatic hydroxyl groups excluding tert-OH is 1. The molecular weight excluding hydrogens is 273 g/mol. The summed E-state index contributed by atoms with van der Waals surface area (Å²) in [6.07, 6.45) is -2.74. The summed E-state index contributed by atoms with van der Waals surface area (Å²) >= 11 is 0. The van der Waals surface area contributed by atoms with Gasteiger partial charge in [-0.2, -0.15) is 13.2 Å². The fourth-order valence-electron chi connectivity index (χ4n) is 2.12. The number of ether oxygens (including phenoxy) is 2. The molecule has 1 N–H and O–H groups in total. The lowest BCUT2D eigenvalue weighted by Crippen LogP contribution is -2.25. The van der Waals surface area contributed by atoms with Crippen molar-refractivity contribution in [3.05, 3.63) is 35.4 Å². The SMILES string of the molecule is OCC(O[C@H]1CCCCO1)c1ccc(C(F)(F)F)cc1. The van der Waals surface area contributed by atoms with E-state index in [9.17, 15) is 18.3 Å². The topological polar surface area (TPSA) is 38.7 Å². The van der Waals surface area contributed by atoms with Gasteiger partial charge in [0.1, 0.15) is 6.10 Å². The van der Waals surface area contributed by atoms with Crippen LogP contribution in [-0.4, -0.2) is 24.6 Å². The Bertz CT molecular complexity index is 411. The van der Waals surface area contributed by atoms with Crippen molar-refractivity contribution in [1.29, 1.82) is 0 Å². The van der Waals surface area contributed by atoms with Crippen molar-refractivity contribution in [2.24, 2.45) is 0 Å². The highest BCUT2D eigenvalue weighted by Crippen LogP contribution is 2.31. The molecule has 0 saturated carbocycles. The fraction of sp³-hybridized carbons (Fsp3) is 0.571. The van der Waals surface area contributed by atoms with E-state index in [-0.39, 0.29) is 6.61 Å². The van der Waals surface area contributed by atoms with Gasteiger partial charge in [0.15, 0.2) is 6.29 Å². The van der Waals surface area contributed by atoms with Crippen LogP contribution in [0.2, 0.25) is 0 Å². The van der Waals surface area contributed by atoms with Gasteiger partial charge >= 0.3 is 6.18 Å². The Balaban J connectivity index is 2.03. The summed E-state index contributed by atoms with van der Waals surface area (Å²) in [7, 11) is 0. The molecule has 0 radical (unpaired) electrons. The molecule has 1 aliphatic rings. The van der Waals surface area contributed by atoms with Gasteiger partial charge in [0.2, 0.25) is 0 Å². The Morgan fingerprint density at radius 3 is 2.45 bits per heavy atom. The lowest BCUT2D eigenvalue weighted by Gasteiger charge is -2.27. The Kier molecular flexibility index (Phi) is 5.01. The maximum atomic E-state index is 12.5. The van der Waals surface area contributed by atoms with Crippen molar-refractivity contribution in [3.63, 3.8) is 0 Å². The van der Waals surface area contributed by atoms with Crippen molar-refractivity contribution in [2.75, 3.05) is 13.2 Å². The summed E-state index contributed by atoms with van der Waals surface area (Å²) < 4.78 is 48.4. The lowest BCUT2D eigenvalue weighted by molar-refractivity contribution is -0.196. The van der Waals surface area contributed by atoms with Crippen LogP contribution in [0.3, 0.4) is 0 Å². The van der Waals surface area contributed by atoms with E-state index in [1.807, 2.05) is 0 Å². The molecular formula is C14H17F3O3. The van der Waals surface area contributed by atoms with Crippen LogP contribution in [-0.2, 0) is 15.7 Å². The smallest absolute Gasteiger partial charge is 0.393 e. The molecule has 1 heterocycles. The van der Waals surface area contributed by atoms with Crippen molar-refractivity contribution in [3.8, 4) is 0 Å². The minimum atomic E-state index is -4.36. The molecule has 1 saturated heterocycles. The van der Waals surface area contributed by atoms with E-state index in [2.05, 4.69) is 0 Å². The van der Waals surface area contributed by atoms with Crippen LogP contribution >= 0.6 is 0 Å². The van der Waals surface area contributed by atoms with Crippen molar-refractivity contribution >= 4 is 0 Å². The number of rotatable bonds is 4. The van der Waals surface area contributed by atoms with Crippen molar-refractivity contribution in [2.45, 2.75) is 37.8 Å². The highest BCUT2D eigenvalue weighted by atomic mass is 19.4. The Morgan fingerprint density at radius 1 is 1.25 bits per heavy atom. The zero-order chi connectivity index (χ0) is 14.6. The quantitative estimate of drug-likeness (QED) is 0.925. The van der Waals surface area contributed by atoms with Crippen LogP contribution in [0.4, 0.5) is 13.2 Å². The van der Waals surface area contributed by atoms with E-state index >= 15 is 0 Å². The van der Waals surface area contributed by atoms with Crippen LogP contribution in [0.5, 0.6) is 0 Å². The van der Waals surface area contributed by atoms with Gasteiger partial charge in [-0.05, 0) is 37.0 Å². The monoisotopic (exact) mass is 290 g/mol. The van der Waals surface area contributed by atoms with E-state index in [4.69, 9.17) is 9.47 Å². The number of aliphatic hydroxyl groups is 1. The number of hydrogen-bond donors (Lipinski definition) is 1. The van der Waals surface area contributed by atoms with Crippen LogP contribution in [0.25, 0.3) is 0 Å². The molecule has 1 aromatic carbocycles. The second-order valence-corrected chi connectivity index (χ2v) is 4.72. The molecule has 1 aromatic rings. The average Bonchev–Trinajstić information content (AvgIpc) is 2.45. The molecule has 0 bridgehead atoms. The molecule has 3 nitrogen and oxygen atoms in total. The van der Waals surface area contributed by atoms with Crippen molar-refractivity contribution < 1.29 is 27.8 Å². The highest BCUT2D eigenvalue weighted by Gasteiger charge is 2.30. The number of hydrogen-bond acceptors (Lipinski definition) is 3. The molecule has 1 unspecified atom stereocenters. The van der Waals surface area contributed by atoms with Crippen LogP contribution < -0.4 is 0 Å². The van der Waals surface area contributed by atoms with Gasteiger partial charge in [0.05, 0.1) is 12.2 Å². The summed E-state index contributed by atoms with van der Waals surface area (Å²) in [4.78, 5) is 0. The molecule has 1 fully saturated rings. The van der Waals surface area contributed by atoms with Gasteiger partial charge in [-0.15, -0.1) is 0 Å². The number of alkyl halides is 3. The fourth-order valence-corrected chi connectivity index (χ4v) is 2.12. The second-order valence-electron chi connectivity index (χ2n) is 4.72. The molecule has 20 heavy (non-hydrogen) atoms. The minimum absolute atomic E-state index is 0.300. The third kappa shape index (κ3) is 3.94. The first-order valence-electron chi connectivity index (χ1n) is 6.56. The van der Waals surface area contributed by atoms with Crippen LogP contribution in [0.15, 0.2) is 24.3 Å². The molecule has 0 aliphatic carbocycles. The second kappa shape index (κ2) is 6.56. The lowest BCUT2D eigenvalue weighted by atomic mass is 10.1. The van der Waals surface area contributed by atoms with Crippen molar-refractivity contribution in [1.82, 2.24) is 0 Å². The number of halogens is 3. The van der Waals surface area contributed by atoms with Gasteiger partial charge in [-0.25, -0.2) is 0 Å². The first-order chi connectivity index (χ1) is 9.50. The maximum absolute atomic E-state index is 12.5. The zero-order valence-electron chi connectivity index (χ0n) is 10.9. The van der Waals surface area contributed by atoms with E-state index in [1.165, 1.54) is 12.1 Å². The maximum Gasteiger partial charge on any atom is 0.416 e. The number of benzene rings is 1. The summed E-state index contributed by atoms with van der Waals surface area (Å²) in [5.41, 5.74) is -0.207. The first-order valence-corrected chi connectivity index (χ1v) is 6.56. The molecule has 2 rings (SSSR count). The van der Waals surface area contributed by atoms with Gasteiger partial charge in [-0.3, -0.25) is 0 Å². The minimum Gasteiger partial charge on any atom is -0.393 e. The predicted molar refractivity (Wildman–Crippen MR) is 65.9 cm³/mol. The van der Waals surface area contributed by atoms with E-state index in [1.54, 1.807) is 0 Å². The molecule has 1 aliphatic heterocycles. The van der Waals surface area contributed by atoms with Gasteiger partial charge < -0.3 is 14.6 Å². The highest BCUT2D eigenvalue weighted by molar-refractivity contribution is 5.26. The normalized spacial score (nSPS) is 21.7. The predicted octanol–water partition coefficient (Wildman–Crippen LogP) is 3.28. The Morgan fingerprint density at radius 2 is 1.95 bits per heavy atom. The molecule has 2 atom stereocenters. The van der Waals surface area contributed by atoms with Gasteiger partial charge in [-0.1, -0.05) is 12.1 Å². The summed E-state index contributed by atoms with van der Waals surface area (Å²) in [5.74, 6) is 0. The third-order valence-corrected chi connectivity index (χ3v) is 3.23. The van der Waals surface area contributed by atoms with Crippen LogP contribution in [0.1, 0.15) is 36.5 Å². The summed E-state index contributed by atoms with van der Waals surface area (Å²) in [5, 5.41) is 9.34. The average molecular weight is 290 g/mol. The first kappa shape index (κ1) is 15.3. The zero-order valence-corrected chi connectivity index (χ0v) is 10.9.